The molecular formula is C21H27N3O4S2. The van der Waals surface area contributed by atoms with Gasteiger partial charge in [-0.05, 0) is 30.4 Å². The summed E-state index contributed by atoms with van der Waals surface area (Å²) in [6, 6.07) is 8.05. The van der Waals surface area contributed by atoms with Gasteiger partial charge in [-0.2, -0.15) is 4.31 Å². The standard InChI is InChI=1S/C21H27N3O4S2/c1-3-30(27,28)24-12-10-22(11-13-24)21(26)20-19(16-8-9-23(14-16)15(2)25)17-6-4-5-7-18(17)29-20/h4-7,16H,3,8-14H2,1-2H3/t16-/m0/s1. The topological polar surface area (TPSA) is 78.0 Å². The Morgan fingerprint density at radius 1 is 1.07 bits per heavy atom. The van der Waals surface area contributed by atoms with Gasteiger partial charge in [-0.15, -0.1) is 11.3 Å². The summed E-state index contributed by atoms with van der Waals surface area (Å²) in [6.45, 7) is 6.05. The Balaban J connectivity index is 1.61. The zero-order valence-electron chi connectivity index (χ0n) is 17.3. The van der Waals surface area contributed by atoms with Crippen molar-refractivity contribution < 1.29 is 18.0 Å². The van der Waals surface area contributed by atoms with Crippen molar-refractivity contribution in [2.45, 2.75) is 26.2 Å². The minimum Gasteiger partial charge on any atom is -0.342 e. The Kier molecular flexibility index (Phi) is 5.87. The Morgan fingerprint density at radius 2 is 1.77 bits per heavy atom. The van der Waals surface area contributed by atoms with Gasteiger partial charge in [0.25, 0.3) is 5.91 Å². The van der Waals surface area contributed by atoms with E-state index in [1.54, 1.807) is 18.7 Å². The molecule has 0 bridgehead atoms. The molecule has 9 heteroatoms. The van der Waals surface area contributed by atoms with Crippen LogP contribution in [0, 0.1) is 0 Å². The lowest BCUT2D eigenvalue weighted by Gasteiger charge is -2.34. The molecule has 0 aliphatic carbocycles. The number of thiophene rings is 1. The molecule has 0 radical (unpaired) electrons. The zero-order valence-corrected chi connectivity index (χ0v) is 19.0. The van der Waals surface area contributed by atoms with E-state index in [-0.39, 0.29) is 23.5 Å². The van der Waals surface area contributed by atoms with E-state index < -0.39 is 10.0 Å². The summed E-state index contributed by atoms with van der Waals surface area (Å²) in [7, 11) is -3.23. The largest absolute Gasteiger partial charge is 0.342 e. The lowest BCUT2D eigenvalue weighted by atomic mass is 9.94. The van der Waals surface area contributed by atoms with Crippen LogP contribution in [-0.2, 0) is 14.8 Å². The number of hydrogen-bond donors (Lipinski definition) is 0. The second kappa shape index (κ2) is 8.28. The zero-order chi connectivity index (χ0) is 21.5. The predicted octanol–water partition coefficient (Wildman–Crippen LogP) is 2.34. The van der Waals surface area contributed by atoms with Gasteiger partial charge in [0.2, 0.25) is 15.9 Å². The maximum Gasteiger partial charge on any atom is 0.264 e. The molecule has 2 aliphatic heterocycles. The molecule has 162 valence electrons. The molecule has 2 saturated heterocycles. The molecule has 4 rings (SSSR count). The molecule has 2 fully saturated rings. The van der Waals surface area contributed by atoms with Gasteiger partial charge in [0.05, 0.1) is 10.6 Å². The molecule has 0 saturated carbocycles. The normalized spacial score (nSPS) is 20.8. The molecule has 0 N–H and O–H groups in total. The first-order valence-corrected chi connectivity index (χ1v) is 12.8. The van der Waals surface area contributed by atoms with Crippen LogP contribution in [0.15, 0.2) is 24.3 Å². The molecule has 2 aliphatic rings. The number of nitrogens with zero attached hydrogens (tertiary/aromatic N) is 3. The van der Waals surface area contributed by atoms with Crippen LogP contribution in [0.3, 0.4) is 0 Å². The van der Waals surface area contributed by atoms with Crippen LogP contribution in [0.4, 0.5) is 0 Å². The molecule has 2 amide bonds. The summed E-state index contributed by atoms with van der Waals surface area (Å²) in [5.74, 6) is 0.264. The molecule has 1 atom stereocenters. The smallest absolute Gasteiger partial charge is 0.264 e. The Hall–Kier alpha value is -1.97. The molecule has 3 heterocycles. The number of carbonyl (C=O) groups excluding carboxylic acids is 2. The summed E-state index contributed by atoms with van der Waals surface area (Å²) < 4.78 is 26.8. The molecule has 2 aromatic rings. The van der Waals surface area contributed by atoms with Crippen molar-refractivity contribution in [3.63, 3.8) is 0 Å². The first kappa shape index (κ1) is 21.3. The molecule has 1 aromatic carbocycles. The van der Waals surface area contributed by atoms with Crippen molar-refractivity contribution >= 4 is 43.3 Å². The van der Waals surface area contributed by atoms with Crippen LogP contribution in [0.5, 0.6) is 0 Å². The van der Waals surface area contributed by atoms with Gasteiger partial charge >= 0.3 is 0 Å². The third-order valence-electron chi connectivity index (χ3n) is 6.15. The number of likely N-dealkylation sites (tertiary alicyclic amines) is 1. The van der Waals surface area contributed by atoms with E-state index in [4.69, 9.17) is 0 Å². The molecule has 1 aromatic heterocycles. The van der Waals surface area contributed by atoms with E-state index in [0.717, 1.165) is 26.9 Å². The van der Waals surface area contributed by atoms with Crippen LogP contribution in [0.2, 0.25) is 0 Å². The number of rotatable bonds is 4. The SMILES string of the molecule is CCS(=O)(=O)N1CCN(C(=O)c2sc3ccccc3c2[C@H]2CCN(C(C)=O)C2)CC1. The Labute approximate surface area is 181 Å². The number of fused-ring (bicyclic) bond motifs is 1. The highest BCUT2D eigenvalue weighted by atomic mass is 32.2. The van der Waals surface area contributed by atoms with E-state index in [1.807, 2.05) is 23.1 Å². The van der Waals surface area contributed by atoms with Gasteiger partial charge in [-0.1, -0.05) is 18.2 Å². The quantitative estimate of drug-likeness (QED) is 0.718. The first-order valence-electron chi connectivity index (χ1n) is 10.4. The summed E-state index contributed by atoms with van der Waals surface area (Å²) in [4.78, 5) is 29.7. The van der Waals surface area contributed by atoms with Crippen LogP contribution in [0.1, 0.15) is 41.4 Å². The molecule has 0 spiro atoms. The first-order chi connectivity index (χ1) is 14.3. The van der Waals surface area contributed by atoms with Crippen molar-refractivity contribution in [1.29, 1.82) is 0 Å². The maximum atomic E-state index is 13.5. The summed E-state index contributed by atoms with van der Waals surface area (Å²) in [5, 5.41) is 1.09. The van der Waals surface area contributed by atoms with Gasteiger partial charge in [0.15, 0.2) is 0 Å². The fourth-order valence-electron chi connectivity index (χ4n) is 4.41. The van der Waals surface area contributed by atoms with E-state index in [2.05, 4.69) is 6.07 Å². The van der Waals surface area contributed by atoms with Gasteiger partial charge in [0, 0.05) is 56.8 Å². The van der Waals surface area contributed by atoms with E-state index in [1.165, 1.54) is 15.6 Å². The van der Waals surface area contributed by atoms with Crippen LogP contribution in [0.25, 0.3) is 10.1 Å². The fraction of sp³-hybridized carbons (Fsp3) is 0.524. The van der Waals surface area contributed by atoms with Crippen LogP contribution in [-0.4, -0.2) is 79.4 Å². The van der Waals surface area contributed by atoms with E-state index >= 15 is 0 Å². The molecule has 30 heavy (non-hydrogen) atoms. The summed E-state index contributed by atoms with van der Waals surface area (Å²) in [5.41, 5.74) is 1.05. The van der Waals surface area contributed by atoms with Crippen molar-refractivity contribution in [2.24, 2.45) is 0 Å². The number of hydrogen-bond acceptors (Lipinski definition) is 5. The second-order valence-electron chi connectivity index (χ2n) is 7.88. The van der Waals surface area contributed by atoms with Gasteiger partial charge in [0.1, 0.15) is 0 Å². The highest BCUT2D eigenvalue weighted by Gasteiger charge is 2.34. The number of sulfonamides is 1. The number of benzene rings is 1. The lowest BCUT2D eigenvalue weighted by Crippen LogP contribution is -2.50. The Morgan fingerprint density at radius 3 is 2.40 bits per heavy atom. The minimum atomic E-state index is -3.23. The summed E-state index contributed by atoms with van der Waals surface area (Å²) >= 11 is 1.51. The van der Waals surface area contributed by atoms with Gasteiger partial charge in [-0.3, -0.25) is 9.59 Å². The number of piperazine rings is 1. The monoisotopic (exact) mass is 449 g/mol. The van der Waals surface area contributed by atoms with Crippen LogP contribution >= 0.6 is 11.3 Å². The van der Waals surface area contributed by atoms with Crippen molar-refractivity contribution in [1.82, 2.24) is 14.1 Å². The average molecular weight is 450 g/mol. The van der Waals surface area contributed by atoms with Crippen molar-refractivity contribution in [3.05, 3.63) is 34.7 Å². The third kappa shape index (κ3) is 3.86. The van der Waals surface area contributed by atoms with Gasteiger partial charge < -0.3 is 9.80 Å². The van der Waals surface area contributed by atoms with Crippen molar-refractivity contribution in [3.8, 4) is 0 Å². The van der Waals surface area contributed by atoms with Gasteiger partial charge in [-0.25, -0.2) is 8.42 Å². The second-order valence-corrected chi connectivity index (χ2v) is 11.2. The minimum absolute atomic E-state index is 0.0268. The number of carbonyl (C=O) groups is 2. The highest BCUT2D eigenvalue weighted by molar-refractivity contribution is 7.89. The maximum absolute atomic E-state index is 13.5. The Bertz CT molecular complexity index is 1070. The summed E-state index contributed by atoms with van der Waals surface area (Å²) in [6.07, 6.45) is 0.850. The molecular weight excluding hydrogens is 422 g/mol. The highest BCUT2D eigenvalue weighted by Crippen LogP contribution is 2.40. The lowest BCUT2D eigenvalue weighted by molar-refractivity contribution is -0.127. The van der Waals surface area contributed by atoms with E-state index in [0.29, 0.717) is 39.3 Å². The number of amides is 2. The molecule has 0 unspecified atom stereocenters. The van der Waals surface area contributed by atoms with Crippen LogP contribution < -0.4 is 0 Å². The van der Waals surface area contributed by atoms with Crippen molar-refractivity contribution in [2.75, 3.05) is 45.0 Å². The fourth-order valence-corrected chi connectivity index (χ4v) is 6.75. The third-order valence-corrected chi connectivity index (χ3v) is 9.21. The van der Waals surface area contributed by atoms with E-state index in [9.17, 15) is 18.0 Å². The average Bonchev–Trinajstić information content (AvgIpc) is 3.38. The predicted molar refractivity (Wildman–Crippen MR) is 118 cm³/mol. The molecule has 7 nitrogen and oxygen atoms in total.